The van der Waals surface area contributed by atoms with Gasteiger partial charge in [-0.2, -0.15) is 0 Å². The summed E-state index contributed by atoms with van der Waals surface area (Å²) in [6.45, 7) is 2.11. The van der Waals surface area contributed by atoms with Gasteiger partial charge >= 0.3 is 0 Å². The zero-order chi connectivity index (χ0) is 22.0. The van der Waals surface area contributed by atoms with Crippen LogP contribution >= 0.6 is 0 Å². The van der Waals surface area contributed by atoms with Crippen LogP contribution < -0.4 is 10.3 Å². The van der Waals surface area contributed by atoms with Gasteiger partial charge in [-0.25, -0.2) is 13.1 Å². The number of hydrogen-bond acceptors (Lipinski definition) is 5. The van der Waals surface area contributed by atoms with Gasteiger partial charge in [0.05, 0.1) is 25.0 Å². The van der Waals surface area contributed by atoms with Gasteiger partial charge in [0, 0.05) is 35.1 Å². The minimum Gasteiger partial charge on any atom is -0.376 e. The SMILES string of the molecule is Cc1ccc2n(c1=O)C(COC1CCC(c3ccccn3)CC1)C(NS(C)(=O)=O)CC2. The van der Waals surface area contributed by atoms with Gasteiger partial charge in [0.25, 0.3) is 5.56 Å². The summed E-state index contributed by atoms with van der Waals surface area (Å²) in [6.07, 6.45) is 8.35. The van der Waals surface area contributed by atoms with Crippen molar-refractivity contribution in [1.82, 2.24) is 14.3 Å². The third-order valence-electron chi connectivity index (χ3n) is 6.55. The Morgan fingerprint density at radius 1 is 1.13 bits per heavy atom. The molecule has 2 aromatic heterocycles. The zero-order valence-electron chi connectivity index (χ0n) is 18.2. The standard InChI is InChI=1S/C23H31N3O4S/c1-16-6-9-18-10-13-21(25-31(2,28)29)22(26(18)23(16)27)15-30-19-11-7-17(8-12-19)20-5-3-4-14-24-20/h3-6,9,14,17,19,21-22,25H,7-8,10-13,15H2,1-2H3. The molecule has 0 bridgehead atoms. The monoisotopic (exact) mass is 445 g/mol. The van der Waals surface area contributed by atoms with Gasteiger partial charge in [0.15, 0.2) is 0 Å². The lowest BCUT2D eigenvalue weighted by Gasteiger charge is -2.37. The zero-order valence-corrected chi connectivity index (χ0v) is 19.0. The molecule has 1 aliphatic carbocycles. The van der Waals surface area contributed by atoms with E-state index in [0.29, 0.717) is 30.9 Å². The van der Waals surface area contributed by atoms with Crippen molar-refractivity contribution in [3.8, 4) is 0 Å². The Morgan fingerprint density at radius 2 is 1.90 bits per heavy atom. The van der Waals surface area contributed by atoms with Crippen LogP contribution in [0, 0.1) is 6.92 Å². The molecule has 0 saturated heterocycles. The maximum absolute atomic E-state index is 12.9. The van der Waals surface area contributed by atoms with Crippen LogP contribution in [0.4, 0.5) is 0 Å². The van der Waals surface area contributed by atoms with E-state index in [1.165, 1.54) is 6.26 Å². The molecular weight excluding hydrogens is 414 g/mol. The summed E-state index contributed by atoms with van der Waals surface area (Å²) in [5, 5.41) is 0. The number of sulfonamides is 1. The highest BCUT2D eigenvalue weighted by molar-refractivity contribution is 7.88. The van der Waals surface area contributed by atoms with Gasteiger partial charge in [-0.3, -0.25) is 9.78 Å². The predicted molar refractivity (Wildman–Crippen MR) is 120 cm³/mol. The Morgan fingerprint density at radius 3 is 2.58 bits per heavy atom. The van der Waals surface area contributed by atoms with E-state index in [0.717, 1.165) is 37.1 Å². The summed E-state index contributed by atoms with van der Waals surface area (Å²) in [7, 11) is -3.39. The molecule has 1 N–H and O–H groups in total. The van der Waals surface area contributed by atoms with E-state index in [4.69, 9.17) is 4.74 Å². The molecule has 2 atom stereocenters. The summed E-state index contributed by atoms with van der Waals surface area (Å²) in [5.74, 6) is 0.460. The van der Waals surface area contributed by atoms with E-state index in [9.17, 15) is 13.2 Å². The summed E-state index contributed by atoms with van der Waals surface area (Å²) in [6, 6.07) is 9.16. The molecule has 3 heterocycles. The largest absolute Gasteiger partial charge is 0.376 e. The minimum absolute atomic E-state index is 0.0649. The lowest BCUT2D eigenvalue weighted by Crippen LogP contribution is -2.49. The Balaban J connectivity index is 1.46. The van der Waals surface area contributed by atoms with Crippen molar-refractivity contribution in [1.29, 1.82) is 0 Å². The number of nitrogens with zero attached hydrogens (tertiary/aromatic N) is 2. The third kappa shape index (κ3) is 5.25. The van der Waals surface area contributed by atoms with Crippen molar-refractivity contribution in [3.63, 3.8) is 0 Å². The fraction of sp³-hybridized carbons (Fsp3) is 0.565. The minimum atomic E-state index is -3.39. The first-order valence-electron chi connectivity index (χ1n) is 11.0. The first kappa shape index (κ1) is 22.2. The fourth-order valence-corrected chi connectivity index (χ4v) is 5.74. The molecule has 7 nitrogen and oxygen atoms in total. The molecule has 168 valence electrons. The second-order valence-corrected chi connectivity index (χ2v) is 10.6. The molecule has 4 rings (SSSR count). The Hall–Kier alpha value is -2.03. The van der Waals surface area contributed by atoms with Gasteiger partial charge in [0.1, 0.15) is 0 Å². The lowest BCUT2D eigenvalue weighted by atomic mass is 9.85. The highest BCUT2D eigenvalue weighted by Crippen LogP contribution is 2.34. The average molecular weight is 446 g/mol. The van der Waals surface area contributed by atoms with Crippen molar-refractivity contribution in [3.05, 3.63) is 63.8 Å². The lowest BCUT2D eigenvalue weighted by molar-refractivity contribution is -0.00186. The van der Waals surface area contributed by atoms with Gasteiger partial charge in [-0.1, -0.05) is 12.1 Å². The van der Waals surface area contributed by atoms with Crippen LogP contribution in [0.25, 0.3) is 0 Å². The fourth-order valence-electron chi connectivity index (χ4n) is 4.92. The Labute approximate surface area is 183 Å². The van der Waals surface area contributed by atoms with Crippen LogP contribution in [-0.4, -0.2) is 43.0 Å². The number of rotatable bonds is 6. The van der Waals surface area contributed by atoms with Gasteiger partial charge in [-0.05, 0) is 63.6 Å². The predicted octanol–water partition coefficient (Wildman–Crippen LogP) is 2.70. The number of fused-ring (bicyclic) bond motifs is 1. The third-order valence-corrected chi connectivity index (χ3v) is 7.28. The molecule has 0 aromatic carbocycles. The molecule has 0 radical (unpaired) electrons. The second kappa shape index (κ2) is 9.22. The number of aryl methyl sites for hydroxylation is 2. The van der Waals surface area contributed by atoms with E-state index in [1.807, 2.05) is 30.5 Å². The van der Waals surface area contributed by atoms with E-state index in [-0.39, 0.29) is 23.7 Å². The maximum atomic E-state index is 12.9. The highest BCUT2D eigenvalue weighted by Gasteiger charge is 2.34. The van der Waals surface area contributed by atoms with E-state index >= 15 is 0 Å². The summed E-state index contributed by atoms with van der Waals surface area (Å²) >= 11 is 0. The molecule has 0 amide bonds. The normalized spacial score (nSPS) is 26.4. The summed E-state index contributed by atoms with van der Waals surface area (Å²) in [5.41, 5.74) is 2.67. The van der Waals surface area contributed by atoms with Crippen molar-refractivity contribution >= 4 is 10.0 Å². The van der Waals surface area contributed by atoms with Gasteiger partial charge < -0.3 is 9.30 Å². The van der Waals surface area contributed by atoms with Gasteiger partial charge in [0.2, 0.25) is 10.0 Å². The molecule has 2 unspecified atom stereocenters. The van der Waals surface area contributed by atoms with Gasteiger partial charge in [-0.15, -0.1) is 0 Å². The molecule has 0 spiro atoms. The topological polar surface area (TPSA) is 90.3 Å². The van der Waals surface area contributed by atoms with Crippen molar-refractivity contribution in [2.45, 2.75) is 69.6 Å². The molecule has 1 fully saturated rings. The number of hydrogen-bond donors (Lipinski definition) is 1. The number of aromatic nitrogens is 2. The van der Waals surface area contributed by atoms with E-state index in [2.05, 4.69) is 15.8 Å². The molecule has 1 aliphatic heterocycles. The van der Waals surface area contributed by atoms with Crippen LogP contribution in [0.2, 0.25) is 0 Å². The molecule has 2 aliphatic rings. The van der Waals surface area contributed by atoms with Crippen LogP contribution in [0.1, 0.15) is 61.0 Å². The van der Waals surface area contributed by atoms with Crippen molar-refractivity contribution < 1.29 is 13.2 Å². The van der Waals surface area contributed by atoms with Crippen molar-refractivity contribution in [2.75, 3.05) is 12.9 Å². The smallest absolute Gasteiger partial charge is 0.254 e. The number of pyridine rings is 2. The van der Waals surface area contributed by atoms with Crippen LogP contribution in [0.3, 0.4) is 0 Å². The number of ether oxygens (including phenoxy) is 1. The van der Waals surface area contributed by atoms with E-state index in [1.54, 1.807) is 11.5 Å². The number of nitrogens with one attached hydrogen (secondary N) is 1. The molecular formula is C23H31N3O4S. The first-order valence-corrected chi connectivity index (χ1v) is 12.9. The van der Waals surface area contributed by atoms with Crippen LogP contribution in [0.5, 0.6) is 0 Å². The molecule has 8 heteroatoms. The Kier molecular flexibility index (Phi) is 6.60. The summed E-state index contributed by atoms with van der Waals surface area (Å²) < 4.78 is 34.7. The van der Waals surface area contributed by atoms with Crippen LogP contribution in [0.15, 0.2) is 41.3 Å². The molecule has 31 heavy (non-hydrogen) atoms. The first-order chi connectivity index (χ1) is 14.8. The molecule has 2 aromatic rings. The Bertz CT molecular complexity index is 1060. The molecule has 1 saturated carbocycles. The van der Waals surface area contributed by atoms with Crippen molar-refractivity contribution in [2.24, 2.45) is 0 Å². The highest BCUT2D eigenvalue weighted by atomic mass is 32.2. The second-order valence-electron chi connectivity index (χ2n) is 8.85. The quantitative estimate of drug-likeness (QED) is 0.738. The maximum Gasteiger partial charge on any atom is 0.254 e. The van der Waals surface area contributed by atoms with E-state index < -0.39 is 10.0 Å². The van der Waals surface area contributed by atoms with Crippen LogP contribution in [-0.2, 0) is 21.2 Å². The summed E-state index contributed by atoms with van der Waals surface area (Å²) in [4.78, 5) is 17.4. The average Bonchev–Trinajstić information content (AvgIpc) is 2.75.